The minimum atomic E-state index is -0.180. The highest BCUT2D eigenvalue weighted by Gasteiger charge is 2.36. The van der Waals surface area contributed by atoms with Crippen molar-refractivity contribution >= 4 is 32.7 Å². The summed E-state index contributed by atoms with van der Waals surface area (Å²) in [7, 11) is 0. The molecule has 3 heteroatoms. The van der Waals surface area contributed by atoms with Gasteiger partial charge in [-0.05, 0) is 58.7 Å². The number of rotatable bonds is 3. The van der Waals surface area contributed by atoms with E-state index in [-0.39, 0.29) is 5.41 Å². The van der Waals surface area contributed by atoms with E-state index in [9.17, 15) is 0 Å². The van der Waals surface area contributed by atoms with Crippen molar-refractivity contribution in [1.82, 2.24) is 14.5 Å². The van der Waals surface area contributed by atoms with Crippen LogP contribution in [0.5, 0.6) is 0 Å². The molecule has 0 saturated carbocycles. The monoisotopic (exact) mass is 563 g/mol. The van der Waals surface area contributed by atoms with Gasteiger partial charge in [-0.1, -0.05) is 117 Å². The fourth-order valence-electron chi connectivity index (χ4n) is 7.23. The second-order valence-corrected chi connectivity index (χ2v) is 12.3. The van der Waals surface area contributed by atoms with Gasteiger partial charge < -0.3 is 4.57 Å². The van der Waals surface area contributed by atoms with Gasteiger partial charge in [0.2, 0.25) is 0 Å². The second kappa shape index (κ2) is 9.23. The van der Waals surface area contributed by atoms with Gasteiger partial charge in [-0.2, -0.15) is 0 Å². The average Bonchev–Trinajstić information content (AvgIpc) is 3.53. The van der Waals surface area contributed by atoms with Crippen LogP contribution in [0.1, 0.15) is 25.0 Å². The molecule has 0 fully saturated rings. The second-order valence-electron chi connectivity index (χ2n) is 12.3. The molecule has 2 aromatic heterocycles. The van der Waals surface area contributed by atoms with Gasteiger partial charge in [0.05, 0.1) is 22.2 Å². The van der Waals surface area contributed by atoms with E-state index < -0.39 is 0 Å². The zero-order valence-electron chi connectivity index (χ0n) is 24.6. The minimum absolute atomic E-state index is 0.180. The summed E-state index contributed by atoms with van der Waals surface area (Å²) < 4.78 is 2.41. The normalized spacial score (nSPS) is 13.4. The molecule has 6 aromatic carbocycles. The zero-order valence-corrected chi connectivity index (χ0v) is 24.6. The Morgan fingerprint density at radius 2 is 1.09 bits per heavy atom. The number of hydrogen-bond donors (Lipinski definition) is 0. The first kappa shape index (κ1) is 25.0. The molecule has 208 valence electrons. The summed E-state index contributed by atoms with van der Waals surface area (Å²) in [5, 5.41) is 3.62. The lowest BCUT2D eigenvalue weighted by Gasteiger charge is -2.23. The van der Waals surface area contributed by atoms with Gasteiger partial charge in [-0.15, -0.1) is 0 Å². The van der Waals surface area contributed by atoms with Crippen LogP contribution < -0.4 is 0 Å². The van der Waals surface area contributed by atoms with E-state index in [0.29, 0.717) is 0 Å². The summed E-state index contributed by atoms with van der Waals surface area (Å²) in [6.07, 6.45) is 0. The van der Waals surface area contributed by atoms with Gasteiger partial charge in [-0.3, -0.25) is 0 Å². The number of benzene rings is 6. The molecule has 1 aliphatic carbocycles. The summed E-state index contributed by atoms with van der Waals surface area (Å²) in [5.41, 5.74) is 12.8. The maximum atomic E-state index is 5.16. The van der Waals surface area contributed by atoms with Gasteiger partial charge in [0, 0.05) is 38.4 Å². The largest absolute Gasteiger partial charge is 0.309 e. The van der Waals surface area contributed by atoms with Crippen LogP contribution in [-0.2, 0) is 5.41 Å². The van der Waals surface area contributed by atoms with Crippen LogP contribution >= 0.6 is 0 Å². The van der Waals surface area contributed by atoms with E-state index in [4.69, 9.17) is 9.97 Å². The van der Waals surface area contributed by atoms with E-state index in [2.05, 4.69) is 134 Å². The molecule has 0 radical (unpaired) electrons. The topological polar surface area (TPSA) is 30.7 Å². The number of para-hydroxylation sites is 3. The highest BCUT2D eigenvalue weighted by molar-refractivity contribution is 6.09. The zero-order chi connectivity index (χ0) is 29.4. The van der Waals surface area contributed by atoms with Crippen LogP contribution in [0.4, 0.5) is 0 Å². The third-order valence-electron chi connectivity index (χ3n) is 9.41. The molecule has 0 saturated heterocycles. The van der Waals surface area contributed by atoms with Crippen LogP contribution in [0.15, 0.2) is 140 Å². The van der Waals surface area contributed by atoms with Crippen molar-refractivity contribution in [3.63, 3.8) is 0 Å². The third-order valence-corrected chi connectivity index (χ3v) is 9.41. The molecule has 0 unspecified atom stereocenters. The first-order valence-corrected chi connectivity index (χ1v) is 15.2. The van der Waals surface area contributed by atoms with Crippen molar-refractivity contribution < 1.29 is 0 Å². The molecule has 0 bridgehead atoms. The van der Waals surface area contributed by atoms with Gasteiger partial charge in [0.1, 0.15) is 0 Å². The van der Waals surface area contributed by atoms with Crippen molar-refractivity contribution in [1.29, 1.82) is 0 Å². The molecular formula is C41H29N3. The number of fused-ring (bicyclic) bond motifs is 7. The smallest absolute Gasteiger partial charge is 0.160 e. The predicted molar refractivity (Wildman–Crippen MR) is 182 cm³/mol. The Hall–Kier alpha value is -5.54. The van der Waals surface area contributed by atoms with Crippen LogP contribution in [0.25, 0.3) is 72.2 Å². The molecule has 0 aliphatic heterocycles. The lowest BCUT2D eigenvalue weighted by atomic mass is 9.81. The molecule has 0 N–H and O–H groups in total. The summed E-state index contributed by atoms with van der Waals surface area (Å²) in [4.78, 5) is 10.1. The molecule has 3 nitrogen and oxygen atoms in total. The van der Waals surface area contributed by atoms with E-state index >= 15 is 0 Å². The molecular weight excluding hydrogens is 534 g/mol. The van der Waals surface area contributed by atoms with Crippen LogP contribution in [0.2, 0.25) is 0 Å². The Balaban J connectivity index is 1.21. The number of hydrogen-bond acceptors (Lipinski definition) is 2. The Bertz CT molecular complexity index is 2360. The van der Waals surface area contributed by atoms with Crippen molar-refractivity contribution in [2.24, 2.45) is 0 Å². The van der Waals surface area contributed by atoms with E-state index in [1.807, 2.05) is 24.3 Å². The molecule has 2 heterocycles. The molecule has 9 rings (SSSR count). The quantitative estimate of drug-likeness (QED) is 0.214. The van der Waals surface area contributed by atoms with Crippen molar-refractivity contribution in [3.8, 4) is 39.5 Å². The number of aromatic nitrogens is 3. The van der Waals surface area contributed by atoms with Crippen LogP contribution in [-0.4, -0.2) is 14.5 Å². The first-order chi connectivity index (χ1) is 21.6. The van der Waals surface area contributed by atoms with Crippen molar-refractivity contribution in [2.45, 2.75) is 19.3 Å². The van der Waals surface area contributed by atoms with Gasteiger partial charge >= 0.3 is 0 Å². The minimum Gasteiger partial charge on any atom is -0.309 e. The van der Waals surface area contributed by atoms with E-state index in [1.165, 1.54) is 49.7 Å². The van der Waals surface area contributed by atoms with Gasteiger partial charge in [0.25, 0.3) is 0 Å². The Morgan fingerprint density at radius 1 is 0.500 bits per heavy atom. The Labute approximate surface area is 256 Å². The van der Waals surface area contributed by atoms with Gasteiger partial charge in [0.15, 0.2) is 5.82 Å². The maximum absolute atomic E-state index is 5.16. The average molecular weight is 564 g/mol. The van der Waals surface area contributed by atoms with Crippen LogP contribution in [0.3, 0.4) is 0 Å². The third kappa shape index (κ3) is 3.56. The fourth-order valence-corrected chi connectivity index (χ4v) is 7.23. The predicted octanol–water partition coefficient (Wildman–Crippen LogP) is 10.4. The van der Waals surface area contributed by atoms with Crippen molar-refractivity contribution in [2.75, 3.05) is 0 Å². The molecule has 0 atom stereocenters. The fraction of sp³-hybridized carbons (Fsp3) is 0.0732. The lowest BCUT2D eigenvalue weighted by Crippen LogP contribution is -2.15. The Morgan fingerprint density at radius 3 is 1.82 bits per heavy atom. The SMILES string of the molecule is CC1(C)c2cc(-c3nc(-c4ccccc4)nc4ccccc34)ccc2-c2ccc(-n3c4ccccc4c4ccccc43)cc21. The highest BCUT2D eigenvalue weighted by Crippen LogP contribution is 2.50. The standard InChI is InChI=1S/C41H29N3/c1-41(2)34-24-27(39-33-16-6-9-17-36(33)42-40(43-39)26-12-4-3-5-13-26)20-22-29(34)30-23-21-28(25-35(30)41)44-37-18-10-7-14-31(37)32-15-8-11-19-38(32)44/h3-25H,1-2H3. The summed E-state index contributed by atoms with van der Waals surface area (Å²) in [6, 6.07) is 49.9. The molecule has 44 heavy (non-hydrogen) atoms. The first-order valence-electron chi connectivity index (χ1n) is 15.2. The van der Waals surface area contributed by atoms with E-state index in [0.717, 1.165) is 33.5 Å². The Kier molecular flexibility index (Phi) is 5.24. The lowest BCUT2D eigenvalue weighted by molar-refractivity contribution is 0.660. The van der Waals surface area contributed by atoms with Crippen molar-refractivity contribution in [3.05, 3.63) is 151 Å². The summed E-state index contributed by atoms with van der Waals surface area (Å²) >= 11 is 0. The van der Waals surface area contributed by atoms with E-state index in [1.54, 1.807) is 0 Å². The van der Waals surface area contributed by atoms with Crippen LogP contribution in [0, 0.1) is 0 Å². The molecule has 0 amide bonds. The molecule has 8 aromatic rings. The maximum Gasteiger partial charge on any atom is 0.160 e. The summed E-state index contributed by atoms with van der Waals surface area (Å²) in [5.74, 6) is 0.748. The highest BCUT2D eigenvalue weighted by atomic mass is 15.0. The van der Waals surface area contributed by atoms with Gasteiger partial charge in [-0.25, -0.2) is 9.97 Å². The molecule has 0 spiro atoms. The number of nitrogens with zero attached hydrogens (tertiary/aromatic N) is 3. The summed E-state index contributed by atoms with van der Waals surface area (Å²) in [6.45, 7) is 4.70. The molecule has 1 aliphatic rings.